The Kier molecular flexibility index (Phi) is 4.40. The van der Waals surface area contributed by atoms with E-state index in [1.807, 2.05) is 13.0 Å². The molecule has 1 N–H and O–H groups in total. The number of allylic oxidation sites excluding steroid dienone is 4. The van der Waals surface area contributed by atoms with Crippen molar-refractivity contribution in [1.29, 1.82) is 0 Å². The zero-order valence-corrected chi connectivity index (χ0v) is 18.8. The standard InChI is InChI=1S/C23H29BrO5/c1-12-28-19-9-16-15-5-4-13-8-14(25)6-7-21(13,2)20(15)17(26)10-22(16,3)23(19,29-12)18(27)11-24/h6-8,12,15-17,19-20,26H,4-5,9-11H2,1-3H3/t12-,15+,16+,17+,19-,20-,21+,22+,23-/m1/s1. The first-order valence-electron chi connectivity index (χ1n) is 10.7. The van der Waals surface area contributed by atoms with E-state index in [1.54, 1.807) is 12.2 Å². The SMILES string of the molecule is C[C@@H]1O[C@@H]2C[C@H]3[C@@H]4CCC5=CC(=O)C=C[C@]5(C)[C@H]4[C@@H](O)C[C@]3(C)[C@]2(C(=O)CBr)O1. The molecule has 1 aliphatic heterocycles. The van der Waals surface area contributed by atoms with E-state index < -0.39 is 23.4 Å². The van der Waals surface area contributed by atoms with E-state index in [0.717, 1.165) is 24.8 Å². The summed E-state index contributed by atoms with van der Waals surface area (Å²) in [6.45, 7) is 6.15. The zero-order chi connectivity index (χ0) is 20.8. The summed E-state index contributed by atoms with van der Waals surface area (Å²) in [5, 5.41) is 11.7. The second kappa shape index (κ2) is 6.35. The first-order valence-corrected chi connectivity index (χ1v) is 11.8. The fourth-order valence-corrected chi connectivity index (χ4v) is 8.26. The van der Waals surface area contributed by atoms with E-state index in [1.165, 1.54) is 0 Å². The minimum absolute atomic E-state index is 0.0215. The number of hydrogen-bond acceptors (Lipinski definition) is 5. The molecule has 0 radical (unpaired) electrons. The van der Waals surface area contributed by atoms with Gasteiger partial charge >= 0.3 is 0 Å². The molecule has 4 aliphatic carbocycles. The first kappa shape index (κ1) is 20.1. The summed E-state index contributed by atoms with van der Waals surface area (Å²) in [6, 6.07) is 0. The first-order chi connectivity index (χ1) is 13.7. The number of hydrogen-bond donors (Lipinski definition) is 1. The Morgan fingerprint density at radius 1 is 1.38 bits per heavy atom. The second-order valence-corrected chi connectivity index (χ2v) is 10.6. The van der Waals surface area contributed by atoms with E-state index in [-0.39, 0.29) is 46.2 Å². The van der Waals surface area contributed by atoms with Gasteiger partial charge in [0.05, 0.1) is 17.5 Å². The van der Waals surface area contributed by atoms with Gasteiger partial charge in [-0.25, -0.2) is 0 Å². The van der Waals surface area contributed by atoms with Crippen molar-refractivity contribution in [3.63, 3.8) is 0 Å². The Morgan fingerprint density at radius 3 is 2.86 bits per heavy atom. The van der Waals surface area contributed by atoms with Gasteiger partial charge in [0.15, 0.2) is 23.5 Å². The number of aliphatic hydroxyl groups is 1. The molecule has 0 amide bonds. The predicted molar refractivity (Wildman–Crippen MR) is 110 cm³/mol. The van der Waals surface area contributed by atoms with Crippen LogP contribution in [0.1, 0.15) is 46.5 Å². The smallest absolute Gasteiger partial charge is 0.178 e. The van der Waals surface area contributed by atoms with Crippen LogP contribution < -0.4 is 0 Å². The molecule has 0 aromatic carbocycles. The molecule has 0 aromatic heterocycles. The van der Waals surface area contributed by atoms with E-state index in [4.69, 9.17) is 9.47 Å². The topological polar surface area (TPSA) is 72.8 Å². The van der Waals surface area contributed by atoms with Gasteiger partial charge in [0.1, 0.15) is 0 Å². The van der Waals surface area contributed by atoms with Crippen molar-refractivity contribution in [2.75, 3.05) is 5.33 Å². The van der Waals surface area contributed by atoms with Gasteiger partial charge in [-0.3, -0.25) is 9.59 Å². The molecule has 158 valence electrons. The zero-order valence-electron chi connectivity index (χ0n) is 17.2. The maximum absolute atomic E-state index is 13.2. The van der Waals surface area contributed by atoms with Gasteiger partial charge < -0.3 is 14.6 Å². The van der Waals surface area contributed by atoms with Crippen molar-refractivity contribution >= 4 is 27.5 Å². The molecule has 1 heterocycles. The molecule has 6 heteroatoms. The molecule has 4 fully saturated rings. The largest absolute Gasteiger partial charge is 0.393 e. The van der Waals surface area contributed by atoms with Crippen LogP contribution in [0.5, 0.6) is 0 Å². The summed E-state index contributed by atoms with van der Waals surface area (Å²) in [4.78, 5) is 25.2. The molecule has 0 bridgehead atoms. The average Bonchev–Trinajstić information content (AvgIpc) is 3.12. The third-order valence-corrected chi connectivity index (χ3v) is 9.41. The van der Waals surface area contributed by atoms with Crippen LogP contribution in [-0.2, 0) is 19.1 Å². The molecule has 5 rings (SSSR count). The summed E-state index contributed by atoms with van der Waals surface area (Å²) in [5.41, 5.74) is -0.641. The third-order valence-electron chi connectivity index (χ3n) is 8.90. The van der Waals surface area contributed by atoms with Crippen molar-refractivity contribution in [1.82, 2.24) is 0 Å². The summed E-state index contributed by atoms with van der Waals surface area (Å²) < 4.78 is 12.4. The number of fused-ring (bicyclic) bond motifs is 7. The van der Waals surface area contributed by atoms with Crippen molar-refractivity contribution in [3.05, 3.63) is 23.8 Å². The Morgan fingerprint density at radius 2 is 2.14 bits per heavy atom. The molecule has 29 heavy (non-hydrogen) atoms. The average molecular weight is 465 g/mol. The van der Waals surface area contributed by atoms with Gasteiger partial charge in [-0.05, 0) is 56.6 Å². The molecule has 0 aromatic rings. The second-order valence-electron chi connectivity index (χ2n) is 10.1. The monoisotopic (exact) mass is 464 g/mol. The van der Waals surface area contributed by atoms with E-state index in [0.29, 0.717) is 6.42 Å². The molecule has 3 saturated carbocycles. The summed E-state index contributed by atoms with van der Waals surface area (Å²) in [7, 11) is 0. The van der Waals surface area contributed by atoms with Crippen LogP contribution in [0.2, 0.25) is 0 Å². The number of Topliss-reactive ketones (excluding diaryl/α,β-unsaturated/α-hetero) is 1. The maximum atomic E-state index is 13.2. The van der Waals surface area contributed by atoms with E-state index in [2.05, 4.69) is 29.8 Å². The highest BCUT2D eigenvalue weighted by molar-refractivity contribution is 9.09. The quantitative estimate of drug-likeness (QED) is 0.634. The molecule has 0 unspecified atom stereocenters. The Bertz CT molecular complexity index is 835. The van der Waals surface area contributed by atoms with Crippen LogP contribution >= 0.6 is 15.9 Å². The van der Waals surface area contributed by atoms with Crippen LogP contribution in [0.25, 0.3) is 0 Å². The van der Waals surface area contributed by atoms with Gasteiger partial charge in [-0.1, -0.05) is 41.4 Å². The lowest BCUT2D eigenvalue weighted by Gasteiger charge is -2.59. The molecule has 0 spiro atoms. The molecule has 9 atom stereocenters. The Hall–Kier alpha value is -0.820. The number of halogens is 1. The molecular weight excluding hydrogens is 436 g/mol. The Balaban J connectivity index is 1.59. The number of aliphatic hydroxyl groups excluding tert-OH is 1. The van der Waals surface area contributed by atoms with E-state index in [9.17, 15) is 14.7 Å². The highest BCUT2D eigenvalue weighted by atomic mass is 79.9. The fourth-order valence-electron chi connectivity index (χ4n) is 7.84. The number of ketones is 2. The lowest BCUT2D eigenvalue weighted by Crippen LogP contribution is -2.63. The number of alkyl halides is 1. The van der Waals surface area contributed by atoms with Crippen LogP contribution in [0, 0.1) is 28.6 Å². The predicted octanol–water partition coefficient (Wildman–Crippen LogP) is 3.34. The molecule has 5 aliphatic rings. The van der Waals surface area contributed by atoms with Crippen LogP contribution in [-0.4, -0.2) is 46.1 Å². The van der Waals surface area contributed by atoms with Gasteiger partial charge in [-0.15, -0.1) is 0 Å². The summed E-state index contributed by atoms with van der Waals surface area (Å²) in [6.07, 6.45) is 7.26. The van der Waals surface area contributed by atoms with Crippen molar-refractivity contribution in [2.45, 2.75) is 70.6 Å². The normalized spacial score (nSPS) is 53.0. The molecule has 5 nitrogen and oxygen atoms in total. The molecular formula is C23H29BrO5. The minimum Gasteiger partial charge on any atom is -0.393 e. The van der Waals surface area contributed by atoms with Crippen LogP contribution in [0.3, 0.4) is 0 Å². The minimum atomic E-state index is -0.998. The third kappa shape index (κ3) is 2.38. The van der Waals surface area contributed by atoms with Crippen LogP contribution in [0.15, 0.2) is 23.8 Å². The van der Waals surface area contributed by atoms with Gasteiger partial charge in [-0.2, -0.15) is 0 Å². The summed E-state index contributed by atoms with van der Waals surface area (Å²) in [5.74, 6) is 0.599. The lowest BCUT2D eigenvalue weighted by molar-refractivity contribution is -0.194. The lowest BCUT2D eigenvalue weighted by atomic mass is 9.46. The number of carbonyl (C=O) groups excluding carboxylic acids is 2. The Labute approximate surface area is 180 Å². The van der Waals surface area contributed by atoms with Crippen molar-refractivity contribution in [2.24, 2.45) is 28.6 Å². The number of carbonyl (C=O) groups is 2. The highest BCUT2D eigenvalue weighted by Crippen LogP contribution is 2.69. The summed E-state index contributed by atoms with van der Waals surface area (Å²) >= 11 is 3.36. The van der Waals surface area contributed by atoms with Gasteiger partial charge in [0, 0.05) is 16.7 Å². The van der Waals surface area contributed by atoms with Gasteiger partial charge in [0.25, 0.3) is 0 Å². The van der Waals surface area contributed by atoms with Crippen molar-refractivity contribution in [3.8, 4) is 0 Å². The van der Waals surface area contributed by atoms with E-state index >= 15 is 0 Å². The van der Waals surface area contributed by atoms with Crippen LogP contribution in [0.4, 0.5) is 0 Å². The van der Waals surface area contributed by atoms with Crippen molar-refractivity contribution < 1.29 is 24.2 Å². The molecule has 1 saturated heterocycles. The highest BCUT2D eigenvalue weighted by Gasteiger charge is 2.75. The number of ether oxygens (including phenoxy) is 2. The maximum Gasteiger partial charge on any atom is 0.178 e. The van der Waals surface area contributed by atoms with Gasteiger partial charge in [0.2, 0.25) is 0 Å². The number of rotatable bonds is 2. The fraction of sp³-hybridized carbons (Fsp3) is 0.739.